The van der Waals surface area contributed by atoms with Crippen molar-refractivity contribution in [1.29, 1.82) is 0 Å². The van der Waals surface area contributed by atoms with Gasteiger partial charge < -0.3 is 50.2 Å². The van der Waals surface area contributed by atoms with Gasteiger partial charge in [0.15, 0.2) is 6.29 Å². The van der Waals surface area contributed by atoms with E-state index in [9.17, 15) is 35.4 Å². The summed E-state index contributed by atoms with van der Waals surface area (Å²) in [6, 6.07) is -0.803. The number of aliphatic hydroxyl groups excluding tert-OH is 6. The fraction of sp³-hybridized carbons (Fsp3) is 0.929. The summed E-state index contributed by atoms with van der Waals surface area (Å²) < 4.78 is 16.0. The Bertz CT molecular complexity index is 449. The van der Waals surface area contributed by atoms with E-state index in [1.165, 1.54) is 6.92 Å². The molecule has 2 aliphatic heterocycles. The van der Waals surface area contributed by atoms with E-state index in [1.54, 1.807) is 0 Å². The van der Waals surface area contributed by atoms with Gasteiger partial charge in [0.25, 0.3) is 0 Å². The highest BCUT2D eigenvalue weighted by molar-refractivity contribution is 5.73. The van der Waals surface area contributed by atoms with Crippen molar-refractivity contribution in [2.45, 2.75) is 62.0 Å². The smallest absolute Gasteiger partial charge is 0.217 e. The molecule has 1 amide bonds. The van der Waals surface area contributed by atoms with E-state index >= 15 is 0 Å². The Kier molecular flexibility index (Phi) is 7.08. The van der Waals surface area contributed by atoms with Crippen LogP contribution in [0.25, 0.3) is 0 Å². The average molecular weight is 367 g/mol. The molecule has 146 valence electrons. The predicted molar refractivity (Wildman–Crippen MR) is 79.1 cm³/mol. The first-order valence-corrected chi connectivity index (χ1v) is 7.93. The van der Waals surface area contributed by atoms with Gasteiger partial charge in [-0.15, -0.1) is 0 Å². The molecule has 25 heavy (non-hydrogen) atoms. The Labute approximate surface area is 143 Å². The molecule has 0 saturated carbocycles. The summed E-state index contributed by atoms with van der Waals surface area (Å²) in [5.41, 5.74) is 0. The van der Waals surface area contributed by atoms with Crippen LogP contribution in [0.1, 0.15) is 6.92 Å². The molecular weight excluding hydrogens is 342 g/mol. The Morgan fingerprint density at radius 2 is 1.68 bits per heavy atom. The third kappa shape index (κ3) is 4.45. The number of amides is 1. The van der Waals surface area contributed by atoms with Gasteiger partial charge in [-0.2, -0.15) is 0 Å². The lowest BCUT2D eigenvalue weighted by molar-refractivity contribution is -0.328. The number of rotatable bonds is 5. The Morgan fingerprint density at radius 1 is 1.04 bits per heavy atom. The number of hydrogen-bond acceptors (Lipinski definition) is 10. The van der Waals surface area contributed by atoms with Crippen molar-refractivity contribution < 1.29 is 49.6 Å². The van der Waals surface area contributed by atoms with Crippen molar-refractivity contribution >= 4 is 5.91 Å². The molecule has 0 aromatic carbocycles. The normalized spacial score (nSPS) is 45.2. The van der Waals surface area contributed by atoms with Crippen molar-refractivity contribution in [2.24, 2.45) is 0 Å². The van der Waals surface area contributed by atoms with E-state index in [0.717, 1.165) is 0 Å². The number of hydrogen-bond donors (Lipinski definition) is 7. The van der Waals surface area contributed by atoms with Crippen LogP contribution in [0.15, 0.2) is 0 Å². The van der Waals surface area contributed by atoms with Gasteiger partial charge in [-0.25, -0.2) is 0 Å². The van der Waals surface area contributed by atoms with Crippen LogP contribution in [-0.4, -0.2) is 111 Å². The summed E-state index contributed by atoms with van der Waals surface area (Å²) in [5.74, 6) is -0.411. The highest BCUT2D eigenvalue weighted by Crippen LogP contribution is 2.27. The second-order valence-electron chi connectivity index (χ2n) is 6.15. The number of carbonyl (C=O) groups is 1. The molecule has 0 spiro atoms. The molecule has 11 heteroatoms. The monoisotopic (exact) mass is 367 g/mol. The first kappa shape index (κ1) is 20.4. The van der Waals surface area contributed by atoms with Gasteiger partial charge in [-0.1, -0.05) is 0 Å². The Morgan fingerprint density at radius 3 is 2.24 bits per heavy atom. The average Bonchev–Trinajstić information content (AvgIpc) is 2.57. The summed E-state index contributed by atoms with van der Waals surface area (Å²) in [4.78, 5) is 11.3. The largest absolute Gasteiger partial charge is 0.394 e. The molecule has 11 nitrogen and oxygen atoms in total. The van der Waals surface area contributed by atoms with Crippen molar-refractivity contribution in [3.8, 4) is 0 Å². The van der Waals surface area contributed by atoms with E-state index in [-0.39, 0.29) is 6.61 Å². The lowest BCUT2D eigenvalue weighted by Gasteiger charge is -2.45. The molecule has 2 rings (SSSR count). The van der Waals surface area contributed by atoms with E-state index in [2.05, 4.69) is 5.32 Å². The van der Waals surface area contributed by atoms with Gasteiger partial charge in [0.1, 0.15) is 42.7 Å². The van der Waals surface area contributed by atoms with E-state index in [0.29, 0.717) is 0 Å². The number of nitrogens with one attached hydrogen (secondary N) is 1. The minimum absolute atomic E-state index is 0.0655. The maximum atomic E-state index is 11.3. The van der Waals surface area contributed by atoms with Gasteiger partial charge in [0.05, 0.1) is 25.9 Å². The minimum atomic E-state index is -1.65. The van der Waals surface area contributed by atoms with E-state index in [4.69, 9.17) is 14.2 Å². The second kappa shape index (κ2) is 8.66. The SMILES string of the molecule is CC(=O)NC1COC(CO)[C@@H](O)[C@@H]1O[C@@H]1OC(CO)[C@H](O)C(O)[C@@H]1O. The van der Waals surface area contributed by atoms with Crippen LogP contribution < -0.4 is 5.32 Å². The first-order valence-electron chi connectivity index (χ1n) is 7.93. The molecule has 0 aliphatic carbocycles. The van der Waals surface area contributed by atoms with Gasteiger partial charge >= 0.3 is 0 Å². The summed E-state index contributed by atoms with van der Waals surface area (Å²) >= 11 is 0. The van der Waals surface area contributed by atoms with Crippen molar-refractivity contribution in [2.75, 3.05) is 19.8 Å². The molecule has 2 heterocycles. The third-order valence-electron chi connectivity index (χ3n) is 4.31. The molecule has 9 atom stereocenters. The zero-order valence-corrected chi connectivity index (χ0v) is 13.6. The van der Waals surface area contributed by atoms with Crippen molar-refractivity contribution in [3.63, 3.8) is 0 Å². The molecule has 0 bridgehead atoms. The number of aliphatic hydroxyl groups is 6. The molecule has 2 aliphatic rings. The lowest BCUT2D eigenvalue weighted by atomic mass is 9.96. The number of ether oxygens (including phenoxy) is 3. The zero-order chi connectivity index (χ0) is 18.7. The minimum Gasteiger partial charge on any atom is -0.394 e. The summed E-state index contributed by atoms with van der Waals surface area (Å²) in [7, 11) is 0. The summed E-state index contributed by atoms with van der Waals surface area (Å²) in [6.45, 7) is 0.0669. The lowest BCUT2D eigenvalue weighted by Crippen LogP contribution is -2.65. The molecule has 7 N–H and O–H groups in total. The van der Waals surface area contributed by atoms with E-state index in [1.807, 2.05) is 0 Å². The van der Waals surface area contributed by atoms with Crippen LogP contribution in [0.5, 0.6) is 0 Å². The van der Waals surface area contributed by atoms with Gasteiger partial charge in [-0.05, 0) is 0 Å². The molecule has 2 saturated heterocycles. The van der Waals surface area contributed by atoms with Gasteiger partial charge in [0, 0.05) is 6.92 Å². The maximum absolute atomic E-state index is 11.3. The molecule has 4 unspecified atom stereocenters. The maximum Gasteiger partial charge on any atom is 0.217 e. The first-order chi connectivity index (χ1) is 11.8. The number of carbonyl (C=O) groups excluding carboxylic acids is 1. The highest BCUT2D eigenvalue weighted by atomic mass is 16.7. The van der Waals surface area contributed by atoms with Crippen molar-refractivity contribution in [3.05, 3.63) is 0 Å². The Balaban J connectivity index is 2.15. The third-order valence-corrected chi connectivity index (χ3v) is 4.31. The fourth-order valence-electron chi connectivity index (χ4n) is 2.93. The van der Waals surface area contributed by atoms with Crippen LogP contribution in [0.4, 0.5) is 0 Å². The Hall–Kier alpha value is -0.890. The van der Waals surface area contributed by atoms with E-state index < -0.39 is 74.2 Å². The van der Waals surface area contributed by atoms with Crippen molar-refractivity contribution in [1.82, 2.24) is 5.32 Å². The standard InChI is InChI=1S/C14H25NO10/c1-5(18)15-6-4-23-7(2-16)10(20)13(6)25-14-12(22)11(21)9(19)8(3-17)24-14/h6-14,16-17,19-22H,2-4H2,1H3,(H,15,18)/t6?,7?,8?,9-,10+,11?,12-,13+,14-/m0/s1. The second-order valence-corrected chi connectivity index (χ2v) is 6.15. The summed E-state index contributed by atoms with van der Waals surface area (Å²) in [6.07, 6.45) is -11.0. The highest BCUT2D eigenvalue weighted by Gasteiger charge is 2.48. The van der Waals surface area contributed by atoms with Crippen LogP contribution in [0.2, 0.25) is 0 Å². The van der Waals surface area contributed by atoms with Gasteiger partial charge in [-0.3, -0.25) is 4.79 Å². The van der Waals surface area contributed by atoms with Crippen LogP contribution in [0, 0.1) is 0 Å². The molecule has 0 radical (unpaired) electrons. The zero-order valence-electron chi connectivity index (χ0n) is 13.6. The van der Waals surface area contributed by atoms with Gasteiger partial charge in [0.2, 0.25) is 5.91 Å². The molecular formula is C14H25NO10. The predicted octanol–water partition coefficient (Wildman–Crippen LogP) is -4.57. The quantitative estimate of drug-likeness (QED) is 0.250. The molecule has 0 aromatic rings. The fourth-order valence-corrected chi connectivity index (χ4v) is 2.93. The topological polar surface area (TPSA) is 178 Å². The molecule has 0 aromatic heterocycles. The van der Waals surface area contributed by atoms with Crippen LogP contribution in [0.3, 0.4) is 0 Å². The summed E-state index contributed by atoms with van der Waals surface area (Å²) in [5, 5.41) is 60.9. The molecule has 2 fully saturated rings. The van der Waals surface area contributed by atoms with Crippen LogP contribution in [-0.2, 0) is 19.0 Å². The van der Waals surface area contributed by atoms with Crippen LogP contribution >= 0.6 is 0 Å².